The molecule has 0 fully saturated rings. The van der Waals surface area contributed by atoms with E-state index in [0.29, 0.717) is 18.1 Å². The van der Waals surface area contributed by atoms with Crippen LogP contribution in [-0.4, -0.2) is 29.3 Å². The first-order valence-electron chi connectivity index (χ1n) is 8.94. The van der Waals surface area contributed by atoms with Gasteiger partial charge in [0, 0.05) is 26.3 Å². The summed E-state index contributed by atoms with van der Waals surface area (Å²) in [5.41, 5.74) is 3.71. The molecule has 1 heterocycles. The Hall–Kier alpha value is -2.42. The Labute approximate surface area is 182 Å². The molecule has 0 atom stereocenters. The molecule has 28 heavy (non-hydrogen) atoms. The molecule has 0 saturated heterocycles. The number of nitrogens with one attached hydrogen (secondary N) is 2. The van der Waals surface area contributed by atoms with E-state index in [2.05, 4.69) is 20.7 Å². The van der Waals surface area contributed by atoms with Crippen molar-refractivity contribution in [1.29, 1.82) is 0 Å². The first kappa shape index (κ1) is 21.9. The highest BCUT2D eigenvalue weighted by Crippen LogP contribution is 2.09. The van der Waals surface area contributed by atoms with Gasteiger partial charge in [-0.25, -0.2) is 9.07 Å². The molecule has 0 unspecified atom stereocenters. The fourth-order valence-corrected chi connectivity index (χ4v) is 2.69. The molecule has 0 bridgehead atoms. The number of halogens is 2. The molecule has 148 valence electrons. The number of para-hydroxylation sites is 1. The van der Waals surface area contributed by atoms with Crippen LogP contribution in [0.25, 0.3) is 5.69 Å². The Morgan fingerprint density at radius 2 is 1.89 bits per heavy atom. The van der Waals surface area contributed by atoms with Gasteiger partial charge in [-0.15, -0.1) is 24.0 Å². The Morgan fingerprint density at radius 3 is 2.61 bits per heavy atom. The van der Waals surface area contributed by atoms with Gasteiger partial charge in [0.2, 0.25) is 0 Å². The van der Waals surface area contributed by atoms with Crippen molar-refractivity contribution < 1.29 is 4.39 Å². The molecule has 5 nitrogen and oxygen atoms in total. The van der Waals surface area contributed by atoms with Crippen LogP contribution in [0.4, 0.5) is 4.39 Å². The van der Waals surface area contributed by atoms with Gasteiger partial charge in [0.15, 0.2) is 5.96 Å². The number of aryl methyl sites for hydroxylation is 1. The van der Waals surface area contributed by atoms with E-state index in [1.807, 2.05) is 53.5 Å². The minimum Gasteiger partial charge on any atom is -0.356 e. The molecule has 0 amide bonds. The molecule has 0 saturated carbocycles. The Balaban J connectivity index is 0.00000280. The second-order valence-corrected chi connectivity index (χ2v) is 6.31. The monoisotopic (exact) mass is 493 g/mol. The minimum absolute atomic E-state index is 0. The number of hydrogen-bond acceptors (Lipinski definition) is 2. The number of guanidine groups is 1. The fourth-order valence-electron chi connectivity index (χ4n) is 2.69. The van der Waals surface area contributed by atoms with Crippen molar-refractivity contribution in [2.24, 2.45) is 4.99 Å². The minimum atomic E-state index is -0.187. The highest BCUT2D eigenvalue weighted by atomic mass is 127. The summed E-state index contributed by atoms with van der Waals surface area (Å²) in [4.78, 5) is 4.21. The van der Waals surface area contributed by atoms with E-state index in [0.717, 1.165) is 29.8 Å². The van der Waals surface area contributed by atoms with Crippen molar-refractivity contribution in [3.05, 3.63) is 83.4 Å². The average molecular weight is 493 g/mol. The van der Waals surface area contributed by atoms with Crippen LogP contribution in [0.3, 0.4) is 0 Å². The van der Waals surface area contributed by atoms with E-state index in [-0.39, 0.29) is 29.8 Å². The van der Waals surface area contributed by atoms with Gasteiger partial charge >= 0.3 is 0 Å². The first-order valence-corrected chi connectivity index (χ1v) is 8.94. The van der Waals surface area contributed by atoms with Gasteiger partial charge in [-0.2, -0.15) is 5.10 Å². The summed E-state index contributed by atoms with van der Waals surface area (Å²) >= 11 is 0. The SMILES string of the molecule is CN=C(NCCc1cnn(-c2ccccc2)c1)NCc1ccc(C)c(F)c1.I. The number of benzene rings is 2. The molecule has 0 aliphatic heterocycles. The van der Waals surface area contributed by atoms with Gasteiger partial charge < -0.3 is 10.6 Å². The maximum Gasteiger partial charge on any atom is 0.191 e. The molecule has 3 aromatic rings. The summed E-state index contributed by atoms with van der Waals surface area (Å²) in [6.45, 7) is 3.00. The van der Waals surface area contributed by atoms with Crippen LogP contribution in [0.2, 0.25) is 0 Å². The van der Waals surface area contributed by atoms with Crippen molar-refractivity contribution in [2.75, 3.05) is 13.6 Å². The van der Waals surface area contributed by atoms with Gasteiger partial charge in [0.05, 0.1) is 11.9 Å². The van der Waals surface area contributed by atoms with Crippen molar-refractivity contribution >= 4 is 29.9 Å². The molecule has 3 rings (SSSR count). The lowest BCUT2D eigenvalue weighted by molar-refractivity contribution is 0.615. The normalized spacial score (nSPS) is 11.0. The van der Waals surface area contributed by atoms with Crippen LogP contribution in [0.15, 0.2) is 65.9 Å². The molecule has 1 aromatic heterocycles. The van der Waals surface area contributed by atoms with E-state index < -0.39 is 0 Å². The third-order valence-corrected chi connectivity index (χ3v) is 4.28. The molecule has 7 heteroatoms. The largest absolute Gasteiger partial charge is 0.356 e. The molecular formula is C21H25FIN5. The van der Waals surface area contributed by atoms with E-state index in [9.17, 15) is 4.39 Å². The quantitative estimate of drug-likeness (QED) is 0.312. The predicted octanol–water partition coefficient (Wildman–Crippen LogP) is 3.85. The summed E-state index contributed by atoms with van der Waals surface area (Å²) in [7, 11) is 1.72. The molecule has 0 radical (unpaired) electrons. The third-order valence-electron chi connectivity index (χ3n) is 4.28. The highest BCUT2D eigenvalue weighted by molar-refractivity contribution is 14.0. The molecule has 2 N–H and O–H groups in total. The molecule has 2 aromatic carbocycles. The summed E-state index contributed by atoms with van der Waals surface area (Å²) in [6, 6.07) is 15.3. The van der Waals surface area contributed by atoms with E-state index in [1.54, 1.807) is 26.1 Å². The Bertz CT molecular complexity index is 908. The van der Waals surface area contributed by atoms with E-state index >= 15 is 0 Å². The van der Waals surface area contributed by atoms with Gasteiger partial charge in [-0.05, 0) is 48.2 Å². The zero-order valence-corrected chi connectivity index (χ0v) is 18.4. The van der Waals surface area contributed by atoms with Crippen molar-refractivity contribution in [3.8, 4) is 5.69 Å². The summed E-state index contributed by atoms with van der Waals surface area (Å²) in [6.07, 6.45) is 4.73. The fraction of sp³-hybridized carbons (Fsp3) is 0.238. The maximum absolute atomic E-state index is 13.6. The lowest BCUT2D eigenvalue weighted by Crippen LogP contribution is -2.37. The zero-order chi connectivity index (χ0) is 19.1. The van der Waals surface area contributed by atoms with Crippen LogP contribution >= 0.6 is 24.0 Å². The van der Waals surface area contributed by atoms with Crippen LogP contribution in [-0.2, 0) is 13.0 Å². The van der Waals surface area contributed by atoms with Crippen molar-refractivity contribution in [1.82, 2.24) is 20.4 Å². The molecule has 0 aliphatic rings. The highest BCUT2D eigenvalue weighted by Gasteiger charge is 2.03. The van der Waals surface area contributed by atoms with Crippen LogP contribution in [0.1, 0.15) is 16.7 Å². The standard InChI is InChI=1S/C21H24FN5.HI/c1-16-8-9-17(12-20(16)22)13-25-21(23-2)24-11-10-18-14-26-27(15-18)19-6-4-3-5-7-19;/h3-9,12,14-15H,10-11,13H2,1-2H3,(H2,23,24,25);1H. The van der Waals surface area contributed by atoms with E-state index in [4.69, 9.17) is 0 Å². The Morgan fingerprint density at radius 1 is 1.11 bits per heavy atom. The van der Waals surface area contributed by atoms with Gasteiger partial charge in [0.1, 0.15) is 5.82 Å². The topological polar surface area (TPSA) is 54.2 Å². The third kappa shape index (κ3) is 6.05. The van der Waals surface area contributed by atoms with Crippen molar-refractivity contribution in [2.45, 2.75) is 19.9 Å². The first-order chi connectivity index (χ1) is 13.2. The number of aromatic nitrogens is 2. The second-order valence-electron chi connectivity index (χ2n) is 6.31. The summed E-state index contributed by atoms with van der Waals surface area (Å²) in [5.74, 6) is 0.499. The number of rotatable bonds is 6. The smallest absolute Gasteiger partial charge is 0.191 e. The van der Waals surface area contributed by atoms with Gasteiger partial charge in [-0.3, -0.25) is 4.99 Å². The molecule has 0 spiro atoms. The van der Waals surface area contributed by atoms with Gasteiger partial charge in [-0.1, -0.05) is 30.3 Å². The van der Waals surface area contributed by atoms with Gasteiger partial charge in [0.25, 0.3) is 0 Å². The summed E-state index contributed by atoms with van der Waals surface area (Å²) < 4.78 is 15.5. The number of nitrogens with zero attached hydrogens (tertiary/aromatic N) is 3. The van der Waals surface area contributed by atoms with Crippen molar-refractivity contribution in [3.63, 3.8) is 0 Å². The maximum atomic E-state index is 13.6. The Kier molecular flexibility index (Phi) is 8.43. The van der Waals surface area contributed by atoms with Crippen LogP contribution < -0.4 is 10.6 Å². The lowest BCUT2D eigenvalue weighted by atomic mass is 10.1. The average Bonchev–Trinajstić information content (AvgIpc) is 3.17. The summed E-state index contributed by atoms with van der Waals surface area (Å²) in [5, 5.41) is 10.9. The molecular weight excluding hydrogens is 468 g/mol. The van der Waals surface area contributed by atoms with E-state index in [1.165, 1.54) is 0 Å². The second kappa shape index (κ2) is 10.8. The zero-order valence-electron chi connectivity index (χ0n) is 16.0. The molecule has 0 aliphatic carbocycles. The lowest BCUT2D eigenvalue weighted by Gasteiger charge is -2.12. The number of hydrogen-bond donors (Lipinski definition) is 2. The predicted molar refractivity (Wildman–Crippen MR) is 122 cm³/mol. The number of aliphatic imine (C=N–C) groups is 1. The van der Waals surface area contributed by atoms with Crippen LogP contribution in [0, 0.1) is 12.7 Å². The van der Waals surface area contributed by atoms with Crippen LogP contribution in [0.5, 0.6) is 0 Å².